The van der Waals surface area contributed by atoms with E-state index in [1.807, 2.05) is 39.0 Å². The summed E-state index contributed by atoms with van der Waals surface area (Å²) < 4.78 is 11.8. The number of ether oxygens (including phenoxy) is 2. The Labute approximate surface area is 180 Å². The minimum absolute atomic E-state index is 0.0567. The maximum absolute atomic E-state index is 12.8. The number of amides is 1. The van der Waals surface area contributed by atoms with E-state index in [2.05, 4.69) is 31.8 Å². The van der Waals surface area contributed by atoms with Crippen LogP contribution in [0.25, 0.3) is 5.57 Å². The van der Waals surface area contributed by atoms with E-state index in [0.717, 1.165) is 40.4 Å². The highest BCUT2D eigenvalue weighted by molar-refractivity contribution is 5.69. The van der Waals surface area contributed by atoms with Crippen molar-refractivity contribution in [2.24, 2.45) is 35.5 Å². The number of hydrogen-bond acceptors (Lipinski definition) is 3. The molecule has 30 heavy (non-hydrogen) atoms. The smallest absolute Gasteiger partial charge is 0.408 e. The van der Waals surface area contributed by atoms with Gasteiger partial charge < -0.3 is 14.8 Å². The molecule has 1 N–H and O–H groups in total. The lowest BCUT2D eigenvalue weighted by Crippen LogP contribution is -2.44. The van der Waals surface area contributed by atoms with E-state index in [-0.39, 0.29) is 12.2 Å². The molecule has 0 spiro atoms. The minimum Gasteiger partial charge on any atom is -0.446 e. The van der Waals surface area contributed by atoms with Gasteiger partial charge >= 0.3 is 6.09 Å². The van der Waals surface area contributed by atoms with Gasteiger partial charge in [-0.2, -0.15) is 0 Å². The van der Waals surface area contributed by atoms with Crippen LogP contribution in [0.1, 0.15) is 58.6 Å². The molecular formula is C26H35NO3. The Morgan fingerprint density at radius 2 is 2.03 bits per heavy atom. The quantitative estimate of drug-likeness (QED) is 0.665. The Balaban J connectivity index is 1.23. The van der Waals surface area contributed by atoms with E-state index >= 15 is 0 Å². The van der Waals surface area contributed by atoms with Crippen molar-refractivity contribution in [1.29, 1.82) is 0 Å². The van der Waals surface area contributed by atoms with E-state index in [4.69, 9.17) is 9.47 Å². The van der Waals surface area contributed by atoms with Gasteiger partial charge in [-0.1, -0.05) is 37.3 Å². The lowest BCUT2D eigenvalue weighted by Gasteiger charge is -2.36. The minimum atomic E-state index is -0.514. The zero-order valence-corrected chi connectivity index (χ0v) is 18.9. The normalized spacial score (nSPS) is 39.2. The number of fused-ring (bicyclic) bond motifs is 7. The van der Waals surface area contributed by atoms with Gasteiger partial charge in [0.15, 0.2) is 0 Å². The molecule has 0 aromatic heterocycles. The monoisotopic (exact) mass is 409 g/mol. The van der Waals surface area contributed by atoms with Crippen LogP contribution in [-0.2, 0) is 15.0 Å². The molecule has 162 valence electrons. The van der Waals surface area contributed by atoms with Crippen LogP contribution in [0.4, 0.5) is 4.79 Å². The molecule has 1 saturated heterocycles. The first-order valence-electron chi connectivity index (χ1n) is 11.6. The second kappa shape index (κ2) is 6.85. The fourth-order valence-corrected chi connectivity index (χ4v) is 7.20. The Bertz CT molecular complexity index is 875. The van der Waals surface area contributed by atoms with Gasteiger partial charge in [0.25, 0.3) is 0 Å². The van der Waals surface area contributed by atoms with E-state index in [9.17, 15) is 4.79 Å². The van der Waals surface area contributed by atoms with Gasteiger partial charge in [0.1, 0.15) is 6.10 Å². The molecule has 4 heteroatoms. The summed E-state index contributed by atoms with van der Waals surface area (Å²) in [4.78, 5) is 12.8. The molecule has 3 aliphatic carbocycles. The number of carbonyl (C=O) groups is 1. The lowest BCUT2D eigenvalue weighted by molar-refractivity contribution is 0.0160. The summed E-state index contributed by atoms with van der Waals surface area (Å²) in [5, 5.41) is 3.10. The Morgan fingerprint density at radius 3 is 2.77 bits per heavy atom. The van der Waals surface area contributed by atoms with E-state index < -0.39 is 5.54 Å². The Morgan fingerprint density at radius 1 is 1.27 bits per heavy atom. The molecule has 9 atom stereocenters. The standard InChI is InChI=1S/C26H35NO3/c1-13(2)16-8-7-9-17(10-16)26(5,6)27-25(28)29-15(4)19-11-18-14(3)22(19)20-12-21-24(30-21)23(18)20/h7-10,14-15,18-24H,1,11-12H2,2-6H3,(H,27,28)/t14-,15?,18?,19?,20?,21?,22?,23?,24?/m1/s1. The highest BCUT2D eigenvalue weighted by Gasteiger charge is 2.69. The SMILES string of the molecule is C=C(C)c1cccc(C(C)(C)NC(=O)OC(C)C2CC3C4C(CC5OC54)C2[C@@H]3C)c1. The van der Waals surface area contributed by atoms with Gasteiger partial charge in [0.05, 0.1) is 17.7 Å². The van der Waals surface area contributed by atoms with Crippen molar-refractivity contribution < 1.29 is 14.3 Å². The first-order chi connectivity index (χ1) is 14.2. The molecule has 1 aromatic carbocycles. The first-order valence-corrected chi connectivity index (χ1v) is 11.6. The first kappa shape index (κ1) is 20.1. The Kier molecular flexibility index (Phi) is 4.59. The molecule has 1 aliphatic heterocycles. The highest BCUT2D eigenvalue weighted by Crippen LogP contribution is 2.68. The van der Waals surface area contributed by atoms with Crippen LogP contribution >= 0.6 is 0 Å². The van der Waals surface area contributed by atoms with Crippen molar-refractivity contribution in [3.8, 4) is 0 Å². The van der Waals surface area contributed by atoms with Gasteiger partial charge in [0, 0.05) is 0 Å². The van der Waals surface area contributed by atoms with E-state index in [1.54, 1.807) is 0 Å². The molecular weight excluding hydrogens is 374 g/mol. The average Bonchev–Trinajstić information content (AvgIpc) is 3.10. The highest BCUT2D eigenvalue weighted by atomic mass is 16.6. The zero-order valence-electron chi connectivity index (χ0n) is 18.9. The van der Waals surface area contributed by atoms with Crippen molar-refractivity contribution in [1.82, 2.24) is 5.32 Å². The molecule has 0 radical (unpaired) electrons. The van der Waals surface area contributed by atoms with Gasteiger partial charge in [-0.15, -0.1) is 0 Å². The fourth-order valence-electron chi connectivity index (χ4n) is 7.20. The van der Waals surface area contributed by atoms with Crippen LogP contribution < -0.4 is 5.32 Å². The second-order valence-electron chi connectivity index (χ2n) is 10.8. The molecule has 3 saturated carbocycles. The molecule has 1 heterocycles. The molecule has 1 aromatic rings. The van der Waals surface area contributed by atoms with Crippen LogP contribution in [0.3, 0.4) is 0 Å². The van der Waals surface area contributed by atoms with Gasteiger partial charge in [0.2, 0.25) is 0 Å². The van der Waals surface area contributed by atoms with Crippen molar-refractivity contribution in [2.45, 2.75) is 71.3 Å². The predicted octanol–water partition coefficient (Wildman–Crippen LogP) is 5.38. The lowest BCUT2D eigenvalue weighted by atomic mass is 9.73. The van der Waals surface area contributed by atoms with Crippen molar-refractivity contribution >= 4 is 11.7 Å². The molecule has 4 aliphatic rings. The third kappa shape index (κ3) is 3.10. The molecule has 4 fully saturated rings. The van der Waals surface area contributed by atoms with Gasteiger partial charge in [-0.05, 0) is 93.2 Å². The van der Waals surface area contributed by atoms with E-state index in [1.165, 1.54) is 12.8 Å². The molecule has 8 unspecified atom stereocenters. The Hall–Kier alpha value is -1.81. The number of nitrogens with one attached hydrogen (secondary N) is 1. The topological polar surface area (TPSA) is 50.9 Å². The van der Waals surface area contributed by atoms with Gasteiger partial charge in [-0.25, -0.2) is 4.79 Å². The summed E-state index contributed by atoms with van der Waals surface area (Å²) >= 11 is 0. The van der Waals surface area contributed by atoms with Crippen molar-refractivity contribution in [3.05, 3.63) is 42.0 Å². The summed E-state index contributed by atoms with van der Waals surface area (Å²) in [5.41, 5.74) is 2.64. The second-order valence-corrected chi connectivity index (χ2v) is 10.8. The maximum atomic E-state index is 12.8. The molecule has 5 rings (SSSR count). The largest absolute Gasteiger partial charge is 0.446 e. The number of epoxide rings is 1. The molecule has 1 amide bonds. The van der Waals surface area contributed by atoms with Gasteiger partial charge in [-0.3, -0.25) is 0 Å². The molecule has 4 nitrogen and oxygen atoms in total. The maximum Gasteiger partial charge on any atom is 0.408 e. The van der Waals surface area contributed by atoms with Crippen LogP contribution in [0.15, 0.2) is 30.8 Å². The van der Waals surface area contributed by atoms with Crippen molar-refractivity contribution in [3.63, 3.8) is 0 Å². The summed E-state index contributed by atoms with van der Waals surface area (Å²) in [5.74, 6) is 4.18. The van der Waals surface area contributed by atoms with Crippen LogP contribution in [0.2, 0.25) is 0 Å². The number of alkyl carbamates (subject to hydrolysis) is 1. The van der Waals surface area contributed by atoms with Crippen LogP contribution in [0.5, 0.6) is 0 Å². The summed E-state index contributed by atoms with van der Waals surface area (Å²) in [6, 6.07) is 8.20. The third-order valence-corrected chi connectivity index (χ3v) is 8.70. The zero-order chi connectivity index (χ0) is 21.4. The number of hydrogen-bond donors (Lipinski definition) is 1. The number of carbonyl (C=O) groups excluding carboxylic acids is 1. The number of allylic oxidation sites excluding steroid dienone is 1. The van der Waals surface area contributed by atoms with Crippen LogP contribution in [-0.4, -0.2) is 24.4 Å². The predicted molar refractivity (Wildman–Crippen MR) is 118 cm³/mol. The van der Waals surface area contributed by atoms with Crippen molar-refractivity contribution in [2.75, 3.05) is 0 Å². The van der Waals surface area contributed by atoms with Crippen LogP contribution in [0, 0.1) is 35.5 Å². The third-order valence-electron chi connectivity index (χ3n) is 8.70. The summed E-state index contributed by atoms with van der Waals surface area (Å²) in [7, 11) is 0. The van der Waals surface area contributed by atoms with E-state index in [0.29, 0.717) is 24.0 Å². The molecule has 2 bridgehead atoms. The number of benzene rings is 1. The summed E-state index contributed by atoms with van der Waals surface area (Å²) in [6.45, 7) is 14.6. The number of rotatable bonds is 5. The summed E-state index contributed by atoms with van der Waals surface area (Å²) in [6.07, 6.45) is 3.10. The average molecular weight is 410 g/mol. The fraction of sp³-hybridized carbons (Fsp3) is 0.654.